The zero-order valence-corrected chi connectivity index (χ0v) is 14.3. The fourth-order valence-electron chi connectivity index (χ4n) is 1.86. The van der Waals surface area contributed by atoms with Crippen molar-refractivity contribution >= 4 is 11.6 Å². The predicted molar refractivity (Wildman–Crippen MR) is 89.6 cm³/mol. The normalized spacial score (nSPS) is 12.3. The fraction of sp³-hybridized carbons (Fsp3) is 0.588. The lowest BCUT2D eigenvalue weighted by molar-refractivity contribution is 0.0151. The molecule has 1 aromatic carbocycles. The highest BCUT2D eigenvalue weighted by atomic mass is 16.5. The van der Waals surface area contributed by atoms with Gasteiger partial charge in [0.2, 0.25) is 0 Å². The molecular formula is C17H28N2O3. The summed E-state index contributed by atoms with van der Waals surface area (Å²) in [6.45, 7) is 7.49. The molecule has 0 saturated carbocycles. The largest absolute Gasteiger partial charge is 0.378 e. The molecule has 0 aromatic heterocycles. The van der Waals surface area contributed by atoms with E-state index >= 15 is 0 Å². The Bertz CT molecular complexity index is 444. The first-order valence-corrected chi connectivity index (χ1v) is 7.67. The van der Waals surface area contributed by atoms with Crippen LogP contribution in [0, 0.1) is 0 Å². The molecule has 1 N–H and O–H groups in total. The van der Waals surface area contributed by atoms with Crippen LogP contribution in [0.15, 0.2) is 24.3 Å². The summed E-state index contributed by atoms with van der Waals surface area (Å²) >= 11 is 0. The van der Waals surface area contributed by atoms with Gasteiger partial charge >= 0.3 is 0 Å². The van der Waals surface area contributed by atoms with Gasteiger partial charge in [0.25, 0.3) is 5.91 Å². The van der Waals surface area contributed by atoms with Crippen LogP contribution in [0.3, 0.4) is 0 Å². The Morgan fingerprint density at radius 3 is 2.32 bits per heavy atom. The maximum Gasteiger partial charge on any atom is 0.251 e. The molecule has 0 aliphatic rings. The molecule has 0 aliphatic carbocycles. The summed E-state index contributed by atoms with van der Waals surface area (Å²) in [5.74, 6) is -0.0835. The number of ether oxygens (including phenoxy) is 2. The van der Waals surface area contributed by atoms with E-state index in [1.54, 1.807) is 0 Å². The summed E-state index contributed by atoms with van der Waals surface area (Å²) in [5, 5.41) is 2.93. The lowest BCUT2D eigenvalue weighted by Gasteiger charge is -2.16. The third kappa shape index (κ3) is 6.91. The van der Waals surface area contributed by atoms with Gasteiger partial charge in [-0.15, -0.1) is 0 Å². The van der Waals surface area contributed by atoms with E-state index in [4.69, 9.17) is 9.47 Å². The molecule has 0 bridgehead atoms. The molecule has 22 heavy (non-hydrogen) atoms. The maximum absolute atomic E-state index is 12.1. The number of amides is 1. The molecule has 0 heterocycles. The van der Waals surface area contributed by atoms with Crippen molar-refractivity contribution in [3.05, 3.63) is 29.8 Å². The highest BCUT2D eigenvalue weighted by Gasteiger charge is 2.10. The standard InChI is InChI=1S/C17H28N2O3/c1-13(2)22-11-10-21-12-14(3)18-17(20)15-6-8-16(9-7-15)19(4)5/h6-9,13-14H,10-12H2,1-5H3,(H,18,20). The van der Waals surface area contributed by atoms with Crippen molar-refractivity contribution < 1.29 is 14.3 Å². The summed E-state index contributed by atoms with van der Waals surface area (Å²) in [6.07, 6.45) is 0.214. The second-order valence-electron chi connectivity index (χ2n) is 5.81. The van der Waals surface area contributed by atoms with Crippen molar-refractivity contribution in [2.45, 2.75) is 32.9 Å². The van der Waals surface area contributed by atoms with Crippen LogP contribution in [0.2, 0.25) is 0 Å². The average Bonchev–Trinajstić information content (AvgIpc) is 2.46. The van der Waals surface area contributed by atoms with Crippen molar-refractivity contribution in [2.24, 2.45) is 0 Å². The van der Waals surface area contributed by atoms with Crippen molar-refractivity contribution in [3.8, 4) is 0 Å². The van der Waals surface area contributed by atoms with E-state index < -0.39 is 0 Å². The number of hydrogen-bond acceptors (Lipinski definition) is 4. The minimum atomic E-state index is -0.0835. The molecule has 0 spiro atoms. The monoisotopic (exact) mass is 308 g/mol. The maximum atomic E-state index is 12.1. The van der Waals surface area contributed by atoms with Gasteiger partial charge in [-0.3, -0.25) is 4.79 Å². The number of carbonyl (C=O) groups excluding carboxylic acids is 1. The summed E-state index contributed by atoms with van der Waals surface area (Å²) in [7, 11) is 3.94. The van der Waals surface area contributed by atoms with Gasteiger partial charge in [-0.05, 0) is 45.0 Å². The fourth-order valence-corrected chi connectivity index (χ4v) is 1.86. The molecule has 1 amide bonds. The van der Waals surface area contributed by atoms with E-state index in [0.717, 1.165) is 5.69 Å². The number of nitrogens with zero attached hydrogens (tertiary/aromatic N) is 1. The third-order valence-electron chi connectivity index (χ3n) is 3.07. The second-order valence-corrected chi connectivity index (χ2v) is 5.81. The van der Waals surface area contributed by atoms with E-state index in [1.165, 1.54) is 0 Å². The predicted octanol–water partition coefficient (Wildman–Crippen LogP) is 2.31. The SMILES string of the molecule is CC(COCCOC(C)C)NC(=O)c1ccc(N(C)C)cc1. The van der Waals surface area contributed by atoms with E-state index in [9.17, 15) is 4.79 Å². The minimum Gasteiger partial charge on any atom is -0.378 e. The van der Waals surface area contributed by atoms with Crippen LogP contribution in [0.4, 0.5) is 5.69 Å². The minimum absolute atomic E-state index is 0.0416. The number of anilines is 1. The van der Waals surface area contributed by atoms with Gasteiger partial charge < -0.3 is 19.7 Å². The lowest BCUT2D eigenvalue weighted by atomic mass is 10.2. The van der Waals surface area contributed by atoms with E-state index in [-0.39, 0.29) is 18.1 Å². The van der Waals surface area contributed by atoms with Crippen molar-refractivity contribution in [1.82, 2.24) is 5.32 Å². The van der Waals surface area contributed by atoms with Gasteiger partial charge in [0.1, 0.15) is 0 Å². The number of hydrogen-bond donors (Lipinski definition) is 1. The second kappa shape index (κ2) is 9.43. The number of benzene rings is 1. The highest BCUT2D eigenvalue weighted by Crippen LogP contribution is 2.12. The Balaban J connectivity index is 2.31. The van der Waals surface area contributed by atoms with E-state index in [0.29, 0.717) is 25.4 Å². The molecular weight excluding hydrogens is 280 g/mol. The number of carbonyl (C=O) groups is 1. The van der Waals surface area contributed by atoms with Gasteiger partial charge in [-0.25, -0.2) is 0 Å². The van der Waals surface area contributed by atoms with Gasteiger partial charge in [-0.1, -0.05) is 0 Å². The molecule has 1 unspecified atom stereocenters. The Hall–Kier alpha value is -1.59. The first kappa shape index (κ1) is 18.5. The molecule has 5 heteroatoms. The van der Waals surface area contributed by atoms with E-state index in [2.05, 4.69) is 5.32 Å². The molecule has 1 aromatic rings. The van der Waals surface area contributed by atoms with Gasteiger partial charge in [0, 0.05) is 31.4 Å². The van der Waals surface area contributed by atoms with Crippen LogP contribution in [0.1, 0.15) is 31.1 Å². The van der Waals surface area contributed by atoms with Crippen LogP contribution in [-0.4, -0.2) is 52.0 Å². The first-order valence-electron chi connectivity index (χ1n) is 7.67. The van der Waals surface area contributed by atoms with Crippen LogP contribution in [-0.2, 0) is 9.47 Å². The molecule has 1 atom stereocenters. The van der Waals surface area contributed by atoms with Crippen molar-refractivity contribution in [2.75, 3.05) is 38.8 Å². The third-order valence-corrected chi connectivity index (χ3v) is 3.07. The zero-order chi connectivity index (χ0) is 16.5. The van der Waals surface area contributed by atoms with Crippen molar-refractivity contribution in [3.63, 3.8) is 0 Å². The van der Waals surface area contributed by atoms with Crippen LogP contribution < -0.4 is 10.2 Å². The smallest absolute Gasteiger partial charge is 0.251 e. The Kier molecular flexibility index (Phi) is 7.91. The van der Waals surface area contributed by atoms with Crippen LogP contribution in [0.25, 0.3) is 0 Å². The summed E-state index contributed by atoms with van der Waals surface area (Å²) in [5.41, 5.74) is 1.72. The number of rotatable bonds is 9. The average molecular weight is 308 g/mol. The van der Waals surface area contributed by atoms with Gasteiger partial charge in [0.15, 0.2) is 0 Å². The first-order chi connectivity index (χ1) is 10.4. The summed E-state index contributed by atoms with van der Waals surface area (Å²) in [6, 6.07) is 7.47. The highest BCUT2D eigenvalue weighted by molar-refractivity contribution is 5.94. The lowest BCUT2D eigenvalue weighted by Crippen LogP contribution is -2.36. The van der Waals surface area contributed by atoms with Crippen LogP contribution in [0.5, 0.6) is 0 Å². The summed E-state index contributed by atoms with van der Waals surface area (Å²) in [4.78, 5) is 14.1. The van der Waals surface area contributed by atoms with Crippen LogP contribution >= 0.6 is 0 Å². The molecule has 0 radical (unpaired) electrons. The zero-order valence-electron chi connectivity index (χ0n) is 14.3. The molecule has 124 valence electrons. The topological polar surface area (TPSA) is 50.8 Å². The van der Waals surface area contributed by atoms with Gasteiger partial charge in [-0.2, -0.15) is 0 Å². The van der Waals surface area contributed by atoms with Crippen molar-refractivity contribution in [1.29, 1.82) is 0 Å². The quantitative estimate of drug-likeness (QED) is 0.711. The Labute approximate surface area is 133 Å². The number of nitrogens with one attached hydrogen (secondary N) is 1. The van der Waals surface area contributed by atoms with Gasteiger partial charge in [0.05, 0.1) is 25.9 Å². The molecule has 0 saturated heterocycles. The molecule has 0 aliphatic heterocycles. The Morgan fingerprint density at radius 1 is 1.14 bits per heavy atom. The molecule has 5 nitrogen and oxygen atoms in total. The Morgan fingerprint density at radius 2 is 1.77 bits per heavy atom. The summed E-state index contributed by atoms with van der Waals surface area (Å²) < 4.78 is 10.9. The molecule has 1 rings (SSSR count). The van der Waals surface area contributed by atoms with E-state index in [1.807, 2.05) is 64.0 Å². The molecule has 0 fully saturated rings.